The van der Waals surface area contributed by atoms with Crippen LogP contribution in [0.4, 0.5) is 5.69 Å². The van der Waals surface area contributed by atoms with Gasteiger partial charge in [0.15, 0.2) is 0 Å². The van der Waals surface area contributed by atoms with Gasteiger partial charge in [0.1, 0.15) is 5.76 Å². The molecule has 0 fully saturated rings. The molecule has 6 heteroatoms. The molecule has 38 heavy (non-hydrogen) atoms. The van der Waals surface area contributed by atoms with Crippen LogP contribution in [0.3, 0.4) is 0 Å². The van der Waals surface area contributed by atoms with Gasteiger partial charge in [-0.3, -0.25) is 4.79 Å². The minimum atomic E-state index is -0.926. The number of ether oxygens (including phenoxy) is 1. The minimum Gasteiger partial charge on any atom is -0.497 e. The molecule has 2 N–H and O–H groups in total. The van der Waals surface area contributed by atoms with Crippen LogP contribution in [0.25, 0.3) is 11.1 Å². The number of hydrogen-bond acceptors (Lipinski definition) is 4. The minimum absolute atomic E-state index is 0.0796. The maximum atomic E-state index is 12.9. The van der Waals surface area contributed by atoms with Crippen LogP contribution in [0.15, 0.2) is 90.2 Å². The van der Waals surface area contributed by atoms with E-state index in [1.807, 2.05) is 36.4 Å². The topological polar surface area (TPSA) is 78.9 Å². The lowest BCUT2D eigenvalue weighted by atomic mass is 9.97. The molecule has 3 aromatic rings. The summed E-state index contributed by atoms with van der Waals surface area (Å²) in [6.45, 7) is 2.15. The summed E-state index contributed by atoms with van der Waals surface area (Å²) in [5.74, 6) is -0.161. The fourth-order valence-electron chi connectivity index (χ4n) is 5.27. The van der Waals surface area contributed by atoms with E-state index in [0.29, 0.717) is 17.7 Å². The summed E-state index contributed by atoms with van der Waals surface area (Å²) in [5, 5.41) is 12.6. The third-order valence-corrected chi connectivity index (χ3v) is 7.22. The Bertz CT molecular complexity index is 1410. The fourth-order valence-corrected chi connectivity index (χ4v) is 5.27. The van der Waals surface area contributed by atoms with Crippen LogP contribution in [-0.4, -0.2) is 37.2 Å². The molecule has 1 aliphatic heterocycles. The number of benzene rings is 3. The van der Waals surface area contributed by atoms with Crippen molar-refractivity contribution in [2.24, 2.45) is 0 Å². The van der Waals surface area contributed by atoms with Crippen molar-refractivity contribution in [3.05, 3.63) is 112 Å². The molecule has 194 valence electrons. The van der Waals surface area contributed by atoms with E-state index in [-0.39, 0.29) is 5.91 Å². The monoisotopic (exact) mass is 508 g/mol. The number of methoxy groups -OCH3 is 1. The van der Waals surface area contributed by atoms with E-state index in [4.69, 9.17) is 4.74 Å². The van der Waals surface area contributed by atoms with Crippen molar-refractivity contribution in [3.8, 4) is 11.1 Å². The number of amides is 1. The molecule has 0 aromatic heterocycles. The Labute approximate surface area is 223 Å². The van der Waals surface area contributed by atoms with E-state index in [1.165, 1.54) is 5.56 Å². The summed E-state index contributed by atoms with van der Waals surface area (Å²) in [6, 6.07) is 21.1. The number of nitrogens with zero attached hydrogens (tertiary/aromatic N) is 1. The molecule has 0 saturated heterocycles. The van der Waals surface area contributed by atoms with Gasteiger partial charge >= 0.3 is 5.97 Å². The molecule has 1 amide bonds. The Morgan fingerprint density at radius 1 is 1.00 bits per heavy atom. The van der Waals surface area contributed by atoms with Crippen molar-refractivity contribution < 1.29 is 19.4 Å². The summed E-state index contributed by atoms with van der Waals surface area (Å²) in [4.78, 5) is 26.9. The predicted molar refractivity (Wildman–Crippen MR) is 149 cm³/mol. The molecule has 1 heterocycles. The third-order valence-electron chi connectivity index (χ3n) is 7.22. The zero-order valence-electron chi connectivity index (χ0n) is 21.6. The normalized spacial score (nSPS) is 14.7. The smallest absolute Gasteiger partial charge is 0.336 e. The molecule has 6 nitrogen and oxygen atoms in total. The van der Waals surface area contributed by atoms with Crippen LogP contribution in [0.5, 0.6) is 0 Å². The van der Waals surface area contributed by atoms with Gasteiger partial charge in [-0.15, -0.1) is 0 Å². The molecule has 0 atom stereocenters. The Morgan fingerprint density at radius 2 is 1.79 bits per heavy atom. The van der Waals surface area contributed by atoms with Crippen LogP contribution in [0.1, 0.15) is 51.1 Å². The van der Waals surface area contributed by atoms with Gasteiger partial charge in [-0.2, -0.15) is 0 Å². The molecule has 2 aliphatic rings. The Morgan fingerprint density at radius 3 is 2.58 bits per heavy atom. The first-order valence-electron chi connectivity index (χ1n) is 13.0. The number of carboxylic acids is 1. The highest BCUT2D eigenvalue weighted by Crippen LogP contribution is 2.30. The maximum absolute atomic E-state index is 12.9. The highest BCUT2D eigenvalue weighted by atomic mass is 16.5. The summed E-state index contributed by atoms with van der Waals surface area (Å²) < 4.78 is 5.43. The standard InChI is InChI=1S/C32H32N2O4/c1-38-30-11-5-2-7-26(30)20-33-31(35)25-16-17-29-24(19-25)8-6-18-34(29)21-22-12-14-23(15-13-22)27-9-3-4-10-28(27)32(36)37/h3-4,7,9-17,19H,2,5-6,8,18,20-21H2,1H3,(H,33,35)(H,36,37). The number of carbonyl (C=O) groups excluding carboxylic acids is 1. The van der Waals surface area contributed by atoms with Gasteiger partial charge in [0.2, 0.25) is 0 Å². The van der Waals surface area contributed by atoms with Crippen molar-refractivity contribution in [3.63, 3.8) is 0 Å². The lowest BCUT2D eigenvalue weighted by Gasteiger charge is -2.32. The van der Waals surface area contributed by atoms with Crippen LogP contribution >= 0.6 is 0 Å². The quantitative estimate of drug-likeness (QED) is 0.391. The summed E-state index contributed by atoms with van der Waals surface area (Å²) in [6.07, 6.45) is 8.09. The molecule has 1 aliphatic carbocycles. The highest BCUT2D eigenvalue weighted by Gasteiger charge is 2.20. The second-order valence-corrected chi connectivity index (χ2v) is 9.68. The second-order valence-electron chi connectivity index (χ2n) is 9.68. The van der Waals surface area contributed by atoms with Crippen molar-refractivity contribution in [2.75, 3.05) is 25.1 Å². The maximum Gasteiger partial charge on any atom is 0.336 e. The number of aryl methyl sites for hydroxylation is 1. The molecule has 5 rings (SSSR count). The van der Waals surface area contributed by atoms with E-state index < -0.39 is 5.97 Å². The molecule has 0 radical (unpaired) electrons. The van der Waals surface area contributed by atoms with E-state index in [0.717, 1.165) is 72.5 Å². The average Bonchev–Trinajstić information content (AvgIpc) is 2.96. The largest absolute Gasteiger partial charge is 0.497 e. The average molecular weight is 509 g/mol. The van der Waals surface area contributed by atoms with Crippen LogP contribution in [0, 0.1) is 0 Å². The predicted octanol–water partition coefficient (Wildman–Crippen LogP) is 5.98. The SMILES string of the molecule is COC1=CCCC=C1CNC(=O)c1ccc2c(c1)CCCN2Cc1ccc(-c2ccccc2C(=O)O)cc1. The van der Waals surface area contributed by atoms with Gasteiger partial charge in [0, 0.05) is 36.5 Å². The lowest BCUT2D eigenvalue weighted by Crippen LogP contribution is -2.30. The third kappa shape index (κ3) is 5.49. The van der Waals surface area contributed by atoms with Crippen molar-refractivity contribution >= 4 is 17.6 Å². The number of fused-ring (bicyclic) bond motifs is 1. The summed E-state index contributed by atoms with van der Waals surface area (Å²) in [7, 11) is 1.66. The second kappa shape index (κ2) is 11.4. The van der Waals surface area contributed by atoms with Crippen molar-refractivity contribution in [1.29, 1.82) is 0 Å². The highest BCUT2D eigenvalue weighted by molar-refractivity contribution is 5.96. The lowest BCUT2D eigenvalue weighted by molar-refractivity contribution is 0.0697. The summed E-state index contributed by atoms with van der Waals surface area (Å²) in [5.41, 5.74) is 7.10. The number of nitrogens with one attached hydrogen (secondary N) is 1. The van der Waals surface area contributed by atoms with E-state index in [9.17, 15) is 14.7 Å². The molecular weight excluding hydrogens is 476 g/mol. The number of allylic oxidation sites excluding steroid dienone is 2. The molecule has 3 aromatic carbocycles. The zero-order valence-corrected chi connectivity index (χ0v) is 21.6. The number of hydrogen-bond donors (Lipinski definition) is 2. The van der Waals surface area contributed by atoms with Crippen LogP contribution in [-0.2, 0) is 17.7 Å². The Hall–Kier alpha value is -4.32. The Balaban J connectivity index is 1.26. The van der Waals surface area contributed by atoms with E-state index >= 15 is 0 Å². The van der Waals surface area contributed by atoms with E-state index in [1.54, 1.807) is 19.2 Å². The van der Waals surface area contributed by atoms with E-state index in [2.05, 4.69) is 40.6 Å². The first-order chi connectivity index (χ1) is 18.5. The first-order valence-corrected chi connectivity index (χ1v) is 13.0. The van der Waals surface area contributed by atoms with Crippen molar-refractivity contribution in [1.82, 2.24) is 5.32 Å². The number of aromatic carboxylic acids is 1. The van der Waals surface area contributed by atoms with Gasteiger partial charge in [-0.05, 0) is 78.3 Å². The Kier molecular flexibility index (Phi) is 7.59. The molecule has 0 unspecified atom stereocenters. The van der Waals surface area contributed by atoms with Crippen molar-refractivity contribution in [2.45, 2.75) is 32.2 Å². The van der Waals surface area contributed by atoms with Gasteiger partial charge in [-0.25, -0.2) is 4.79 Å². The number of rotatable bonds is 8. The fraction of sp³-hybridized carbons (Fsp3) is 0.250. The van der Waals surface area contributed by atoms with Gasteiger partial charge < -0.3 is 20.1 Å². The number of anilines is 1. The van der Waals surface area contributed by atoms with Gasteiger partial charge in [0.05, 0.1) is 12.7 Å². The number of carbonyl (C=O) groups is 2. The van der Waals surface area contributed by atoms with Crippen LogP contribution < -0.4 is 10.2 Å². The molecule has 0 bridgehead atoms. The molecule has 0 saturated carbocycles. The summed E-state index contributed by atoms with van der Waals surface area (Å²) >= 11 is 0. The van der Waals surface area contributed by atoms with Crippen LogP contribution in [0.2, 0.25) is 0 Å². The van der Waals surface area contributed by atoms with Gasteiger partial charge in [-0.1, -0.05) is 48.5 Å². The molecule has 0 spiro atoms. The zero-order chi connectivity index (χ0) is 26.5. The first kappa shape index (κ1) is 25.3. The number of carboxylic acid groups (broad SMARTS) is 1. The van der Waals surface area contributed by atoms with Gasteiger partial charge in [0.25, 0.3) is 5.91 Å². The molecular formula is C32H32N2O4.